The summed E-state index contributed by atoms with van der Waals surface area (Å²) in [5, 5.41) is 2.79. The maximum Gasteiger partial charge on any atom is 0.505 e. The van der Waals surface area contributed by atoms with Gasteiger partial charge in [-0.15, -0.1) is 11.3 Å². The fourth-order valence-electron chi connectivity index (χ4n) is 3.58. The molecule has 0 atom stereocenters. The van der Waals surface area contributed by atoms with Crippen molar-refractivity contribution in [3.05, 3.63) is 12.1 Å². The van der Waals surface area contributed by atoms with Crippen molar-refractivity contribution < 1.29 is 27.3 Å². The first kappa shape index (κ1) is 25.5. The molecule has 3 heterocycles. The van der Waals surface area contributed by atoms with Crippen molar-refractivity contribution in [3.63, 3.8) is 0 Å². The lowest BCUT2D eigenvalue weighted by Crippen LogP contribution is -2.42. The van der Waals surface area contributed by atoms with Crippen molar-refractivity contribution in [3.8, 4) is 0 Å². The van der Waals surface area contributed by atoms with Crippen LogP contribution < -0.4 is 10.1 Å². The summed E-state index contributed by atoms with van der Waals surface area (Å²) in [5.41, 5.74) is -1.49. The van der Waals surface area contributed by atoms with Crippen LogP contribution in [0.3, 0.4) is 0 Å². The molecule has 3 rings (SSSR count). The number of alkyl carbamates (subject to hydrolysis) is 1. The molecule has 0 saturated carbocycles. The van der Waals surface area contributed by atoms with Gasteiger partial charge in [-0.3, -0.25) is 0 Å². The molecule has 1 aromatic heterocycles. The molecular formula is C21H35BN2O6S2. The zero-order valence-corrected chi connectivity index (χ0v) is 21.7. The van der Waals surface area contributed by atoms with E-state index in [9.17, 15) is 13.2 Å². The summed E-state index contributed by atoms with van der Waals surface area (Å²) in [6.45, 7) is 14.7. The van der Waals surface area contributed by atoms with E-state index in [0.29, 0.717) is 36.7 Å². The highest BCUT2D eigenvalue weighted by Crippen LogP contribution is 2.37. The van der Waals surface area contributed by atoms with E-state index in [0.717, 1.165) is 4.78 Å². The Morgan fingerprint density at radius 1 is 1.19 bits per heavy atom. The van der Waals surface area contributed by atoms with Gasteiger partial charge < -0.3 is 19.4 Å². The van der Waals surface area contributed by atoms with Crippen molar-refractivity contribution in [1.29, 1.82) is 0 Å². The van der Waals surface area contributed by atoms with Gasteiger partial charge in [0.15, 0.2) is 0 Å². The molecule has 0 aromatic carbocycles. The predicted octanol–water partition coefficient (Wildman–Crippen LogP) is 2.97. The van der Waals surface area contributed by atoms with E-state index in [1.807, 2.05) is 48.5 Å². The second-order valence-electron chi connectivity index (χ2n) is 10.5. The van der Waals surface area contributed by atoms with Crippen LogP contribution in [0.2, 0.25) is 0 Å². The van der Waals surface area contributed by atoms with E-state index in [-0.39, 0.29) is 5.92 Å². The minimum Gasteiger partial charge on any atom is -0.444 e. The van der Waals surface area contributed by atoms with Crippen molar-refractivity contribution in [2.45, 2.75) is 82.3 Å². The quantitative estimate of drug-likeness (QED) is 0.644. The highest BCUT2D eigenvalue weighted by Gasteiger charge is 2.52. The first-order valence-electron chi connectivity index (χ1n) is 11.0. The summed E-state index contributed by atoms with van der Waals surface area (Å²) in [5.74, 6) is 0.220. The molecule has 1 amide bonds. The summed E-state index contributed by atoms with van der Waals surface area (Å²) in [6.07, 6.45) is 0.927. The Morgan fingerprint density at radius 2 is 1.75 bits per heavy atom. The molecule has 0 spiro atoms. The lowest BCUT2D eigenvalue weighted by Gasteiger charge is -2.32. The number of carbonyl (C=O) groups excluding carboxylic acids is 1. The molecular weight excluding hydrogens is 451 g/mol. The molecule has 0 unspecified atom stereocenters. The Morgan fingerprint density at radius 3 is 2.28 bits per heavy atom. The monoisotopic (exact) mass is 486 g/mol. The van der Waals surface area contributed by atoms with Gasteiger partial charge in [0.25, 0.3) is 10.0 Å². The van der Waals surface area contributed by atoms with Crippen molar-refractivity contribution in [2.24, 2.45) is 5.92 Å². The van der Waals surface area contributed by atoms with Crippen LogP contribution in [0.25, 0.3) is 0 Å². The topological polar surface area (TPSA) is 94.2 Å². The summed E-state index contributed by atoms with van der Waals surface area (Å²) >= 11 is 1.20. The van der Waals surface area contributed by atoms with Gasteiger partial charge in [0, 0.05) is 24.4 Å². The average molecular weight is 486 g/mol. The second kappa shape index (κ2) is 8.90. The number of rotatable bonds is 5. The summed E-state index contributed by atoms with van der Waals surface area (Å²) in [7, 11) is -4.15. The molecule has 2 saturated heterocycles. The molecule has 180 valence electrons. The van der Waals surface area contributed by atoms with Gasteiger partial charge in [0.2, 0.25) is 0 Å². The lowest BCUT2D eigenvalue weighted by atomic mass is 9.88. The SMILES string of the molecule is CC(C)(C)OC(=O)NCC1CCN(S(=O)(=O)c2ccc(B3OC(C)(C)C(C)(C)O3)s2)CC1. The first-order valence-corrected chi connectivity index (χ1v) is 13.3. The average Bonchev–Trinajstić information content (AvgIpc) is 3.22. The third kappa shape index (κ3) is 5.67. The molecule has 1 aromatic rings. The Labute approximate surface area is 196 Å². The smallest absolute Gasteiger partial charge is 0.444 e. The number of nitrogens with one attached hydrogen (secondary N) is 1. The number of ether oxygens (including phenoxy) is 1. The number of hydrogen-bond acceptors (Lipinski definition) is 7. The fourth-order valence-corrected chi connectivity index (χ4v) is 6.49. The Hall–Kier alpha value is -1.14. The maximum atomic E-state index is 13.2. The van der Waals surface area contributed by atoms with Crippen molar-refractivity contribution in [2.75, 3.05) is 19.6 Å². The Bertz CT molecular complexity index is 914. The van der Waals surface area contributed by atoms with Crippen LogP contribution in [0.5, 0.6) is 0 Å². The van der Waals surface area contributed by atoms with Crippen LogP contribution in [0.15, 0.2) is 16.3 Å². The zero-order valence-electron chi connectivity index (χ0n) is 20.1. The van der Waals surface area contributed by atoms with Gasteiger partial charge in [-0.25, -0.2) is 13.2 Å². The van der Waals surface area contributed by atoms with E-state index in [4.69, 9.17) is 14.0 Å². The van der Waals surface area contributed by atoms with Gasteiger partial charge >= 0.3 is 13.2 Å². The van der Waals surface area contributed by atoms with Crippen LogP contribution in [0.4, 0.5) is 4.79 Å². The molecule has 0 bridgehead atoms. The fraction of sp³-hybridized carbons (Fsp3) is 0.762. The lowest BCUT2D eigenvalue weighted by molar-refractivity contribution is 0.00578. The number of sulfonamides is 1. The summed E-state index contributed by atoms with van der Waals surface area (Å²) in [4.78, 5) is 11.8. The number of piperidine rings is 1. The van der Waals surface area contributed by atoms with Crippen LogP contribution in [0, 0.1) is 5.92 Å². The molecule has 2 aliphatic heterocycles. The van der Waals surface area contributed by atoms with Crippen molar-refractivity contribution in [1.82, 2.24) is 9.62 Å². The molecule has 8 nitrogen and oxygen atoms in total. The van der Waals surface area contributed by atoms with Gasteiger partial charge in [0.1, 0.15) is 9.81 Å². The third-order valence-corrected chi connectivity index (χ3v) is 9.66. The normalized spacial score (nSPS) is 22.2. The highest BCUT2D eigenvalue weighted by molar-refractivity contribution is 7.91. The van der Waals surface area contributed by atoms with E-state index < -0.39 is 40.0 Å². The molecule has 2 fully saturated rings. The van der Waals surface area contributed by atoms with Gasteiger partial charge in [-0.05, 0) is 73.3 Å². The second-order valence-corrected chi connectivity index (χ2v) is 13.8. The predicted molar refractivity (Wildman–Crippen MR) is 126 cm³/mol. The van der Waals surface area contributed by atoms with E-state index in [2.05, 4.69) is 5.32 Å². The molecule has 2 aliphatic rings. The summed E-state index contributed by atoms with van der Waals surface area (Å²) < 4.78 is 46.3. The van der Waals surface area contributed by atoms with Crippen LogP contribution in [0.1, 0.15) is 61.3 Å². The van der Waals surface area contributed by atoms with Crippen LogP contribution in [-0.4, -0.2) is 62.4 Å². The van der Waals surface area contributed by atoms with Gasteiger partial charge in [-0.2, -0.15) is 4.31 Å². The molecule has 0 aliphatic carbocycles. The molecule has 32 heavy (non-hydrogen) atoms. The van der Waals surface area contributed by atoms with Gasteiger partial charge in [-0.1, -0.05) is 6.07 Å². The zero-order chi connectivity index (χ0) is 23.9. The Kier molecular flexibility index (Phi) is 7.09. The van der Waals surface area contributed by atoms with E-state index in [1.54, 1.807) is 12.1 Å². The maximum absolute atomic E-state index is 13.2. The number of carbonyl (C=O) groups is 1. The van der Waals surface area contributed by atoms with Crippen LogP contribution >= 0.6 is 11.3 Å². The molecule has 0 radical (unpaired) electrons. The molecule has 11 heteroatoms. The summed E-state index contributed by atoms with van der Waals surface area (Å²) in [6, 6.07) is 3.41. The number of thiophene rings is 1. The molecule has 1 N–H and O–H groups in total. The van der Waals surface area contributed by atoms with E-state index in [1.165, 1.54) is 15.6 Å². The van der Waals surface area contributed by atoms with Crippen molar-refractivity contribution >= 4 is 39.3 Å². The standard InChI is InChI=1S/C21H35BN2O6S2/c1-19(2,3)28-18(25)23-14-15-10-12-24(13-11-15)32(26,27)17-9-8-16(31-17)22-29-20(4,5)21(6,7)30-22/h8-9,15H,10-14H2,1-7H3,(H,23,25). The largest absolute Gasteiger partial charge is 0.505 e. The van der Waals surface area contributed by atoms with Gasteiger partial charge in [0.05, 0.1) is 11.2 Å². The number of hydrogen-bond donors (Lipinski definition) is 1. The minimum atomic E-state index is -3.58. The van der Waals surface area contributed by atoms with Crippen LogP contribution in [-0.2, 0) is 24.1 Å². The number of amides is 1. The minimum absolute atomic E-state index is 0.220. The number of nitrogens with zero attached hydrogens (tertiary/aromatic N) is 1. The third-order valence-electron chi connectivity index (χ3n) is 6.19. The first-order chi connectivity index (χ1) is 14.6. The highest BCUT2D eigenvalue weighted by atomic mass is 32.2. The van der Waals surface area contributed by atoms with E-state index >= 15 is 0 Å². The Balaban J connectivity index is 1.56.